The van der Waals surface area contributed by atoms with Gasteiger partial charge in [0.15, 0.2) is 5.96 Å². The number of fused-ring (bicyclic) bond motifs is 1. The second-order valence-corrected chi connectivity index (χ2v) is 8.77. The number of rotatable bonds is 3. The molecule has 1 heterocycles. The van der Waals surface area contributed by atoms with E-state index >= 15 is 0 Å². The van der Waals surface area contributed by atoms with Crippen molar-refractivity contribution < 1.29 is 17.9 Å². The summed E-state index contributed by atoms with van der Waals surface area (Å²) in [6, 6.07) is 0.285. The first-order valence-corrected chi connectivity index (χ1v) is 9.89. The number of nitrogens with zero attached hydrogens (tertiary/aromatic N) is 1. The Bertz CT molecular complexity index is 521. The summed E-state index contributed by atoms with van der Waals surface area (Å²) in [7, 11) is 1.72. The van der Waals surface area contributed by atoms with E-state index in [-0.39, 0.29) is 36.3 Å². The number of aliphatic imine (C=N–C) groups is 1. The Kier molecular flexibility index (Phi) is 5.75. The molecule has 0 bridgehead atoms. The molecule has 26 heavy (non-hydrogen) atoms. The van der Waals surface area contributed by atoms with Gasteiger partial charge in [0.1, 0.15) is 0 Å². The van der Waals surface area contributed by atoms with Crippen molar-refractivity contribution in [2.24, 2.45) is 28.2 Å². The van der Waals surface area contributed by atoms with Crippen LogP contribution in [0.3, 0.4) is 0 Å². The Balaban J connectivity index is 1.51. The van der Waals surface area contributed by atoms with E-state index < -0.39 is 12.1 Å². The minimum Gasteiger partial charge on any atom is -0.377 e. The quantitative estimate of drug-likeness (QED) is 0.584. The van der Waals surface area contributed by atoms with E-state index in [9.17, 15) is 13.2 Å². The van der Waals surface area contributed by atoms with E-state index in [4.69, 9.17) is 4.74 Å². The van der Waals surface area contributed by atoms with E-state index in [0.29, 0.717) is 24.8 Å². The predicted octanol–water partition coefficient (Wildman–Crippen LogP) is 3.72. The Morgan fingerprint density at radius 1 is 1.19 bits per heavy atom. The van der Waals surface area contributed by atoms with Gasteiger partial charge in [0.2, 0.25) is 0 Å². The molecule has 1 aliphatic heterocycles. The van der Waals surface area contributed by atoms with Crippen molar-refractivity contribution in [1.29, 1.82) is 0 Å². The molecule has 4 nitrogen and oxygen atoms in total. The summed E-state index contributed by atoms with van der Waals surface area (Å²) in [4.78, 5) is 4.30. The van der Waals surface area contributed by atoms with Gasteiger partial charge in [-0.1, -0.05) is 20.3 Å². The molecule has 5 unspecified atom stereocenters. The number of halogens is 3. The molecule has 2 saturated carbocycles. The maximum atomic E-state index is 13.0. The number of hydrogen-bond acceptors (Lipinski definition) is 2. The molecule has 2 aliphatic carbocycles. The van der Waals surface area contributed by atoms with Gasteiger partial charge in [-0.15, -0.1) is 0 Å². The predicted molar refractivity (Wildman–Crippen MR) is 96.0 cm³/mol. The van der Waals surface area contributed by atoms with Crippen molar-refractivity contribution in [3.63, 3.8) is 0 Å². The van der Waals surface area contributed by atoms with Gasteiger partial charge < -0.3 is 15.4 Å². The molecule has 0 aromatic rings. The zero-order valence-electron chi connectivity index (χ0n) is 16.0. The van der Waals surface area contributed by atoms with Crippen molar-refractivity contribution in [1.82, 2.24) is 10.6 Å². The van der Waals surface area contributed by atoms with Crippen LogP contribution in [0.15, 0.2) is 4.99 Å². The van der Waals surface area contributed by atoms with E-state index in [2.05, 4.69) is 29.5 Å². The lowest BCUT2D eigenvalue weighted by molar-refractivity contribution is -0.188. The van der Waals surface area contributed by atoms with Crippen LogP contribution in [0.5, 0.6) is 0 Å². The summed E-state index contributed by atoms with van der Waals surface area (Å²) < 4.78 is 44.9. The fourth-order valence-corrected chi connectivity index (χ4v) is 5.17. The molecule has 3 fully saturated rings. The number of guanidine groups is 1. The Labute approximate surface area is 154 Å². The Morgan fingerprint density at radius 2 is 1.96 bits per heavy atom. The third kappa shape index (κ3) is 3.97. The second-order valence-electron chi connectivity index (χ2n) is 8.77. The molecule has 150 valence electrons. The van der Waals surface area contributed by atoms with Crippen LogP contribution in [0, 0.1) is 23.2 Å². The van der Waals surface area contributed by atoms with Crippen LogP contribution in [0.1, 0.15) is 52.4 Å². The monoisotopic (exact) mass is 375 g/mol. The van der Waals surface area contributed by atoms with Crippen molar-refractivity contribution in [3.05, 3.63) is 0 Å². The van der Waals surface area contributed by atoms with Gasteiger partial charge >= 0.3 is 6.18 Å². The second kappa shape index (κ2) is 7.56. The molecule has 1 saturated heterocycles. The van der Waals surface area contributed by atoms with Crippen LogP contribution in [-0.4, -0.2) is 44.5 Å². The van der Waals surface area contributed by atoms with Crippen LogP contribution >= 0.6 is 0 Å². The fourth-order valence-electron chi connectivity index (χ4n) is 5.17. The molecule has 7 heteroatoms. The molecule has 0 aromatic heterocycles. The van der Waals surface area contributed by atoms with Crippen LogP contribution in [-0.2, 0) is 4.74 Å². The van der Waals surface area contributed by atoms with Crippen molar-refractivity contribution in [3.8, 4) is 0 Å². The van der Waals surface area contributed by atoms with Gasteiger partial charge in [0.25, 0.3) is 0 Å². The first kappa shape index (κ1) is 19.8. The largest absolute Gasteiger partial charge is 0.391 e. The van der Waals surface area contributed by atoms with Crippen LogP contribution < -0.4 is 10.6 Å². The van der Waals surface area contributed by atoms with Gasteiger partial charge in [-0.25, -0.2) is 0 Å². The molecular weight excluding hydrogens is 343 g/mol. The third-order valence-electron chi connectivity index (χ3n) is 6.65. The molecule has 5 atom stereocenters. The van der Waals surface area contributed by atoms with Gasteiger partial charge in [-0.05, 0) is 38.0 Å². The number of ether oxygens (including phenoxy) is 1. The normalized spacial score (nSPS) is 37.5. The fraction of sp³-hybridized carbons (Fsp3) is 0.947. The maximum Gasteiger partial charge on any atom is 0.391 e. The molecular formula is C19H32F3N3O. The van der Waals surface area contributed by atoms with Crippen molar-refractivity contribution in [2.45, 2.75) is 70.7 Å². The molecule has 0 amide bonds. The third-order valence-corrected chi connectivity index (χ3v) is 6.65. The SMILES string of the molecule is CN=C(NCC1CCCC(C(F)(F)F)C1)NC1C2CCCOC2C1(C)C. The highest BCUT2D eigenvalue weighted by atomic mass is 19.4. The highest BCUT2D eigenvalue weighted by Crippen LogP contribution is 2.51. The summed E-state index contributed by atoms with van der Waals surface area (Å²) in [5.41, 5.74) is 0.0366. The maximum absolute atomic E-state index is 13.0. The van der Waals surface area contributed by atoms with E-state index in [1.54, 1.807) is 7.05 Å². The zero-order chi connectivity index (χ0) is 18.9. The molecule has 0 aromatic carbocycles. The van der Waals surface area contributed by atoms with Gasteiger partial charge in [-0.2, -0.15) is 13.2 Å². The van der Waals surface area contributed by atoms with Crippen molar-refractivity contribution >= 4 is 5.96 Å². The first-order valence-electron chi connectivity index (χ1n) is 9.89. The number of nitrogens with one attached hydrogen (secondary N) is 2. The minimum absolute atomic E-state index is 0.0366. The van der Waals surface area contributed by atoms with Gasteiger partial charge in [0, 0.05) is 37.6 Å². The molecule has 2 N–H and O–H groups in total. The lowest BCUT2D eigenvalue weighted by Gasteiger charge is -2.60. The molecule has 0 radical (unpaired) electrons. The minimum atomic E-state index is -4.06. The first-order chi connectivity index (χ1) is 12.2. The lowest BCUT2D eigenvalue weighted by Crippen LogP contribution is -2.71. The Morgan fingerprint density at radius 3 is 2.65 bits per heavy atom. The lowest BCUT2D eigenvalue weighted by atomic mass is 9.55. The van der Waals surface area contributed by atoms with Crippen molar-refractivity contribution in [2.75, 3.05) is 20.2 Å². The summed E-state index contributed by atoms with van der Waals surface area (Å²) in [5.74, 6) is 0.0839. The Hall–Kier alpha value is -0.980. The summed E-state index contributed by atoms with van der Waals surface area (Å²) >= 11 is 0. The molecule has 3 aliphatic rings. The highest BCUT2D eigenvalue weighted by Gasteiger charge is 2.58. The average molecular weight is 375 g/mol. The molecule has 0 spiro atoms. The average Bonchev–Trinajstić information content (AvgIpc) is 2.61. The van der Waals surface area contributed by atoms with Gasteiger partial charge in [0.05, 0.1) is 12.0 Å². The smallest absolute Gasteiger partial charge is 0.377 e. The molecule has 3 rings (SSSR count). The summed E-state index contributed by atoms with van der Waals surface area (Å²) in [6.07, 6.45) is 0.458. The topological polar surface area (TPSA) is 45.7 Å². The number of hydrogen-bond donors (Lipinski definition) is 2. The van der Waals surface area contributed by atoms with Crippen LogP contribution in [0.25, 0.3) is 0 Å². The van der Waals surface area contributed by atoms with E-state index in [0.717, 1.165) is 25.9 Å². The van der Waals surface area contributed by atoms with Crippen LogP contribution in [0.4, 0.5) is 13.2 Å². The van der Waals surface area contributed by atoms with Gasteiger partial charge in [-0.3, -0.25) is 4.99 Å². The zero-order valence-corrected chi connectivity index (χ0v) is 16.0. The van der Waals surface area contributed by atoms with Crippen LogP contribution in [0.2, 0.25) is 0 Å². The summed E-state index contributed by atoms with van der Waals surface area (Å²) in [6.45, 7) is 5.80. The van der Waals surface area contributed by atoms with E-state index in [1.807, 2.05) is 0 Å². The summed E-state index contributed by atoms with van der Waals surface area (Å²) in [5, 5.41) is 6.78. The highest BCUT2D eigenvalue weighted by molar-refractivity contribution is 5.80. The number of alkyl halides is 3. The standard InChI is InChI=1S/C19H32F3N3O/c1-18(2)15(14-8-5-9-26-16(14)18)25-17(23-3)24-11-12-6-4-7-13(10-12)19(20,21)22/h12-16H,4-11H2,1-3H3,(H2,23,24,25). The van der Waals surface area contributed by atoms with E-state index in [1.165, 1.54) is 0 Å².